The molecule has 1 atom stereocenters. The molecule has 0 radical (unpaired) electrons. The van der Waals surface area contributed by atoms with Gasteiger partial charge in [0.1, 0.15) is 6.10 Å². The van der Waals surface area contributed by atoms with Crippen LogP contribution in [0.2, 0.25) is 0 Å². The number of hydrogen-bond acceptors (Lipinski definition) is 2. The van der Waals surface area contributed by atoms with Crippen LogP contribution in [0.1, 0.15) is 33.1 Å². The van der Waals surface area contributed by atoms with Crippen LogP contribution in [0.5, 0.6) is 0 Å². The fourth-order valence-electron chi connectivity index (χ4n) is 0.799. The Morgan fingerprint density at radius 3 is 2.50 bits per heavy atom. The van der Waals surface area contributed by atoms with Crippen molar-refractivity contribution < 1.29 is 9.53 Å². The lowest BCUT2D eigenvalue weighted by Crippen LogP contribution is -2.12. The van der Waals surface area contributed by atoms with Gasteiger partial charge in [0.25, 0.3) is 0 Å². The standard InChI is InChI=1S/C7H13ClO2/c1-3-5-6(4-2)10-7(8)9/h6H,3-5H2,1-2H3/t6-/m0/s1. The largest absolute Gasteiger partial charge is 0.450 e. The minimum atomic E-state index is -0.694. The van der Waals surface area contributed by atoms with Gasteiger partial charge in [-0.15, -0.1) is 0 Å². The average molecular weight is 165 g/mol. The molecule has 0 bridgehead atoms. The van der Waals surface area contributed by atoms with Crippen LogP contribution in [-0.4, -0.2) is 11.5 Å². The summed E-state index contributed by atoms with van der Waals surface area (Å²) in [6.45, 7) is 4.02. The SMILES string of the molecule is CCC[C@H](CC)OC(=O)Cl. The number of rotatable bonds is 4. The molecule has 0 N–H and O–H groups in total. The minimum Gasteiger partial charge on any atom is -0.450 e. The molecule has 60 valence electrons. The van der Waals surface area contributed by atoms with Gasteiger partial charge < -0.3 is 4.74 Å². The molecule has 0 amide bonds. The molecule has 0 aliphatic heterocycles. The first-order chi connectivity index (χ1) is 4.70. The first-order valence-electron chi connectivity index (χ1n) is 3.56. The minimum absolute atomic E-state index is 0.00926. The zero-order valence-electron chi connectivity index (χ0n) is 6.39. The zero-order valence-corrected chi connectivity index (χ0v) is 7.15. The summed E-state index contributed by atoms with van der Waals surface area (Å²) in [5.74, 6) is 0. The fourth-order valence-corrected chi connectivity index (χ4v) is 0.925. The highest BCUT2D eigenvalue weighted by atomic mass is 35.5. The van der Waals surface area contributed by atoms with Crippen LogP contribution < -0.4 is 0 Å². The molecule has 0 saturated carbocycles. The molecular formula is C7H13ClO2. The van der Waals surface area contributed by atoms with Gasteiger partial charge in [-0.05, 0) is 12.8 Å². The molecule has 0 fully saturated rings. The normalized spacial score (nSPS) is 12.7. The van der Waals surface area contributed by atoms with Crippen LogP contribution in [0.3, 0.4) is 0 Å². The Morgan fingerprint density at radius 2 is 2.20 bits per heavy atom. The van der Waals surface area contributed by atoms with Gasteiger partial charge in [0.05, 0.1) is 0 Å². The van der Waals surface area contributed by atoms with Crippen LogP contribution in [-0.2, 0) is 4.74 Å². The van der Waals surface area contributed by atoms with Crippen molar-refractivity contribution in [1.82, 2.24) is 0 Å². The van der Waals surface area contributed by atoms with Gasteiger partial charge in [-0.2, -0.15) is 0 Å². The Morgan fingerprint density at radius 1 is 1.60 bits per heavy atom. The smallest absolute Gasteiger partial charge is 0.404 e. The van der Waals surface area contributed by atoms with E-state index >= 15 is 0 Å². The Kier molecular flexibility index (Phi) is 5.40. The van der Waals surface area contributed by atoms with Crippen LogP contribution >= 0.6 is 11.6 Å². The Balaban J connectivity index is 3.49. The molecule has 0 aliphatic rings. The Labute approximate surface area is 66.5 Å². The molecule has 10 heavy (non-hydrogen) atoms. The molecule has 0 aliphatic carbocycles. The summed E-state index contributed by atoms with van der Waals surface area (Å²) in [5, 5.41) is 0. The number of ether oxygens (including phenoxy) is 1. The van der Waals surface area contributed by atoms with Crippen molar-refractivity contribution >= 4 is 17.0 Å². The molecule has 0 aromatic carbocycles. The molecule has 0 spiro atoms. The highest BCUT2D eigenvalue weighted by Gasteiger charge is 2.07. The second-order valence-electron chi connectivity index (χ2n) is 2.17. The molecule has 0 saturated heterocycles. The van der Waals surface area contributed by atoms with E-state index in [0.717, 1.165) is 19.3 Å². The molecule has 0 aromatic rings. The van der Waals surface area contributed by atoms with Crippen LogP contribution in [0, 0.1) is 0 Å². The highest BCUT2D eigenvalue weighted by molar-refractivity contribution is 6.61. The number of carbonyl (C=O) groups is 1. The summed E-state index contributed by atoms with van der Waals surface area (Å²) in [5.41, 5.74) is -0.694. The Hall–Kier alpha value is -0.240. The molecule has 0 rings (SSSR count). The zero-order chi connectivity index (χ0) is 7.98. The first-order valence-corrected chi connectivity index (χ1v) is 3.94. The monoisotopic (exact) mass is 164 g/mol. The lowest BCUT2D eigenvalue weighted by Gasteiger charge is -2.11. The molecule has 2 nitrogen and oxygen atoms in total. The topological polar surface area (TPSA) is 26.3 Å². The maximum absolute atomic E-state index is 10.2. The van der Waals surface area contributed by atoms with E-state index in [1.165, 1.54) is 0 Å². The van der Waals surface area contributed by atoms with E-state index in [4.69, 9.17) is 16.3 Å². The van der Waals surface area contributed by atoms with Gasteiger partial charge in [0, 0.05) is 11.6 Å². The summed E-state index contributed by atoms with van der Waals surface area (Å²) in [6.07, 6.45) is 2.76. The van der Waals surface area contributed by atoms with Crippen LogP contribution in [0.4, 0.5) is 4.79 Å². The van der Waals surface area contributed by atoms with Crippen molar-refractivity contribution in [2.45, 2.75) is 39.2 Å². The van der Waals surface area contributed by atoms with Crippen molar-refractivity contribution in [1.29, 1.82) is 0 Å². The third-order valence-corrected chi connectivity index (χ3v) is 1.41. The summed E-state index contributed by atoms with van der Waals surface area (Å²) in [6, 6.07) is 0. The van der Waals surface area contributed by atoms with Crippen LogP contribution in [0.15, 0.2) is 0 Å². The fraction of sp³-hybridized carbons (Fsp3) is 0.857. The maximum Gasteiger partial charge on any atom is 0.404 e. The van der Waals surface area contributed by atoms with Gasteiger partial charge in [-0.1, -0.05) is 20.3 Å². The third-order valence-electron chi connectivity index (χ3n) is 1.33. The third kappa shape index (κ3) is 4.62. The van der Waals surface area contributed by atoms with Crippen LogP contribution in [0.25, 0.3) is 0 Å². The van der Waals surface area contributed by atoms with Gasteiger partial charge >= 0.3 is 5.43 Å². The van der Waals surface area contributed by atoms with Crippen molar-refractivity contribution in [3.63, 3.8) is 0 Å². The van der Waals surface area contributed by atoms with Crippen molar-refractivity contribution in [3.05, 3.63) is 0 Å². The number of halogens is 1. The summed E-state index contributed by atoms with van der Waals surface area (Å²) in [7, 11) is 0. The van der Waals surface area contributed by atoms with E-state index in [9.17, 15) is 4.79 Å². The summed E-state index contributed by atoms with van der Waals surface area (Å²) in [4.78, 5) is 10.2. The highest BCUT2D eigenvalue weighted by Crippen LogP contribution is 2.07. The van der Waals surface area contributed by atoms with Gasteiger partial charge in [0.15, 0.2) is 0 Å². The van der Waals surface area contributed by atoms with E-state index < -0.39 is 5.43 Å². The van der Waals surface area contributed by atoms with Crippen molar-refractivity contribution in [2.75, 3.05) is 0 Å². The quantitative estimate of drug-likeness (QED) is 0.598. The van der Waals surface area contributed by atoms with E-state index in [0.29, 0.717) is 0 Å². The molecule has 0 aromatic heterocycles. The second-order valence-corrected chi connectivity index (χ2v) is 2.48. The lowest BCUT2D eigenvalue weighted by atomic mass is 10.2. The van der Waals surface area contributed by atoms with Gasteiger partial charge in [0.2, 0.25) is 0 Å². The van der Waals surface area contributed by atoms with E-state index in [1.54, 1.807) is 0 Å². The first kappa shape index (κ1) is 9.76. The van der Waals surface area contributed by atoms with E-state index in [2.05, 4.69) is 0 Å². The van der Waals surface area contributed by atoms with Crippen molar-refractivity contribution in [3.8, 4) is 0 Å². The van der Waals surface area contributed by atoms with Gasteiger partial charge in [-0.25, -0.2) is 4.79 Å². The molecule has 3 heteroatoms. The van der Waals surface area contributed by atoms with E-state index in [-0.39, 0.29) is 6.10 Å². The summed E-state index contributed by atoms with van der Waals surface area (Å²) >= 11 is 5.03. The lowest BCUT2D eigenvalue weighted by molar-refractivity contribution is 0.112. The summed E-state index contributed by atoms with van der Waals surface area (Å²) < 4.78 is 4.77. The molecular weight excluding hydrogens is 152 g/mol. The maximum atomic E-state index is 10.2. The molecule has 0 heterocycles. The number of carbonyl (C=O) groups excluding carboxylic acids is 1. The van der Waals surface area contributed by atoms with Crippen molar-refractivity contribution in [2.24, 2.45) is 0 Å². The number of hydrogen-bond donors (Lipinski definition) is 0. The van der Waals surface area contributed by atoms with E-state index in [1.807, 2.05) is 13.8 Å². The molecule has 0 unspecified atom stereocenters. The predicted octanol–water partition coefficient (Wildman–Crippen LogP) is 2.94. The average Bonchev–Trinajstić information content (AvgIpc) is 1.86. The Bertz CT molecular complexity index is 104. The second kappa shape index (κ2) is 5.54. The predicted molar refractivity (Wildman–Crippen MR) is 41.3 cm³/mol. The van der Waals surface area contributed by atoms with Gasteiger partial charge in [-0.3, -0.25) is 0 Å².